The Morgan fingerprint density at radius 1 is 1.42 bits per heavy atom. The number of benzene rings is 2. The van der Waals surface area contributed by atoms with E-state index in [9.17, 15) is 20.0 Å². The molecule has 2 N–H and O–H groups in total. The van der Waals surface area contributed by atoms with Crippen molar-refractivity contribution in [1.29, 1.82) is 0 Å². The summed E-state index contributed by atoms with van der Waals surface area (Å²) >= 11 is 0. The summed E-state index contributed by atoms with van der Waals surface area (Å²) in [6.45, 7) is 3.63. The van der Waals surface area contributed by atoms with Gasteiger partial charge in [-0.1, -0.05) is 12.1 Å². The molecule has 0 saturated carbocycles. The molecule has 0 aliphatic carbocycles. The van der Waals surface area contributed by atoms with E-state index < -0.39 is 10.8 Å². The minimum atomic E-state index is -0.581. The van der Waals surface area contributed by atoms with Gasteiger partial charge in [0.2, 0.25) is 0 Å². The van der Waals surface area contributed by atoms with E-state index in [1.807, 2.05) is 0 Å². The molecule has 0 aromatic heterocycles. The molecule has 0 bridgehead atoms. The lowest BCUT2D eigenvalue weighted by atomic mass is 10.1. The SMILES string of the molecule is C=CCc1cc(/C=N/NC(=O)c2cccc([N+](=O)[O-])c2)cc(OC)c1O. The number of hydrogen-bond acceptors (Lipinski definition) is 6. The highest BCUT2D eigenvalue weighted by atomic mass is 16.6. The summed E-state index contributed by atoms with van der Waals surface area (Å²) in [7, 11) is 1.43. The smallest absolute Gasteiger partial charge is 0.271 e. The Labute approximate surface area is 149 Å². The number of ether oxygens (including phenoxy) is 1. The van der Waals surface area contributed by atoms with Crippen LogP contribution in [0.2, 0.25) is 0 Å². The van der Waals surface area contributed by atoms with E-state index in [1.54, 1.807) is 18.2 Å². The van der Waals surface area contributed by atoms with Crippen molar-refractivity contribution in [3.05, 3.63) is 75.9 Å². The molecule has 2 aromatic rings. The van der Waals surface area contributed by atoms with Crippen molar-refractivity contribution in [2.75, 3.05) is 7.11 Å². The summed E-state index contributed by atoms with van der Waals surface area (Å²) in [5, 5.41) is 24.6. The molecule has 0 unspecified atom stereocenters. The van der Waals surface area contributed by atoms with Gasteiger partial charge in [-0.15, -0.1) is 6.58 Å². The second-order valence-corrected chi connectivity index (χ2v) is 5.23. The van der Waals surface area contributed by atoms with Gasteiger partial charge in [0.15, 0.2) is 11.5 Å². The summed E-state index contributed by atoms with van der Waals surface area (Å²) in [6, 6.07) is 8.57. The highest BCUT2D eigenvalue weighted by Gasteiger charge is 2.11. The Morgan fingerprint density at radius 2 is 2.19 bits per heavy atom. The summed E-state index contributed by atoms with van der Waals surface area (Å²) in [4.78, 5) is 22.2. The molecule has 8 heteroatoms. The average molecular weight is 355 g/mol. The van der Waals surface area contributed by atoms with Crippen LogP contribution in [0.25, 0.3) is 0 Å². The second-order valence-electron chi connectivity index (χ2n) is 5.23. The molecule has 2 aromatic carbocycles. The largest absolute Gasteiger partial charge is 0.504 e. The zero-order valence-electron chi connectivity index (χ0n) is 14.0. The van der Waals surface area contributed by atoms with Crippen LogP contribution < -0.4 is 10.2 Å². The molecule has 0 radical (unpaired) electrons. The van der Waals surface area contributed by atoms with Crippen LogP contribution in [0.4, 0.5) is 5.69 Å². The van der Waals surface area contributed by atoms with Crippen LogP contribution in [0.1, 0.15) is 21.5 Å². The number of rotatable bonds is 7. The van der Waals surface area contributed by atoms with Crippen LogP contribution in [0.3, 0.4) is 0 Å². The molecule has 0 saturated heterocycles. The maximum absolute atomic E-state index is 12.0. The third kappa shape index (κ3) is 4.44. The van der Waals surface area contributed by atoms with E-state index >= 15 is 0 Å². The first kappa shape index (κ1) is 18.7. The number of hydrazone groups is 1. The first-order chi connectivity index (χ1) is 12.5. The van der Waals surface area contributed by atoms with Crippen LogP contribution >= 0.6 is 0 Å². The van der Waals surface area contributed by atoms with E-state index in [2.05, 4.69) is 17.1 Å². The lowest BCUT2D eigenvalue weighted by Gasteiger charge is -2.09. The first-order valence-electron chi connectivity index (χ1n) is 7.55. The van der Waals surface area contributed by atoms with Crippen molar-refractivity contribution >= 4 is 17.8 Å². The number of nitro groups is 1. The number of phenolic OH excluding ortho intramolecular Hbond substituents is 1. The molecule has 8 nitrogen and oxygen atoms in total. The van der Waals surface area contributed by atoms with E-state index in [1.165, 1.54) is 31.5 Å². The van der Waals surface area contributed by atoms with Gasteiger partial charge in [-0.3, -0.25) is 14.9 Å². The van der Waals surface area contributed by atoms with Gasteiger partial charge in [-0.05, 0) is 30.2 Å². The number of amides is 1. The molecule has 1 amide bonds. The number of hydrogen-bond donors (Lipinski definition) is 2. The zero-order chi connectivity index (χ0) is 19.1. The highest BCUT2D eigenvalue weighted by molar-refractivity contribution is 5.95. The fraction of sp³-hybridized carbons (Fsp3) is 0.111. The lowest BCUT2D eigenvalue weighted by molar-refractivity contribution is -0.384. The van der Waals surface area contributed by atoms with Crippen molar-refractivity contribution in [2.24, 2.45) is 5.10 Å². The van der Waals surface area contributed by atoms with E-state index in [0.29, 0.717) is 17.5 Å². The van der Waals surface area contributed by atoms with Gasteiger partial charge in [-0.25, -0.2) is 5.43 Å². The molecule has 0 aliphatic rings. The quantitative estimate of drug-likeness (QED) is 0.343. The second kappa shape index (κ2) is 8.43. The van der Waals surface area contributed by atoms with E-state index in [0.717, 1.165) is 6.07 Å². The zero-order valence-corrected chi connectivity index (χ0v) is 14.0. The van der Waals surface area contributed by atoms with Crippen molar-refractivity contribution < 1.29 is 19.6 Å². The van der Waals surface area contributed by atoms with Crippen LogP contribution in [-0.4, -0.2) is 29.3 Å². The van der Waals surface area contributed by atoms with Gasteiger partial charge in [0.05, 0.1) is 18.2 Å². The van der Waals surface area contributed by atoms with Gasteiger partial charge in [0, 0.05) is 23.3 Å². The summed E-state index contributed by atoms with van der Waals surface area (Å²) in [6.07, 6.45) is 3.45. The number of nitro benzene ring substituents is 1. The third-order valence-corrected chi connectivity index (χ3v) is 3.46. The monoisotopic (exact) mass is 355 g/mol. The predicted octanol–water partition coefficient (Wildman–Crippen LogP) is 2.80. The van der Waals surface area contributed by atoms with Crippen LogP contribution in [0.15, 0.2) is 54.2 Å². The third-order valence-electron chi connectivity index (χ3n) is 3.46. The number of carbonyl (C=O) groups is 1. The number of methoxy groups -OCH3 is 1. The van der Waals surface area contributed by atoms with Crippen LogP contribution in [0, 0.1) is 10.1 Å². The average Bonchev–Trinajstić information content (AvgIpc) is 2.64. The number of aromatic hydroxyl groups is 1. The number of allylic oxidation sites excluding steroid dienone is 1. The molecule has 0 spiro atoms. The maximum atomic E-state index is 12.0. The first-order valence-corrected chi connectivity index (χ1v) is 7.55. The Kier molecular flexibility index (Phi) is 6.05. The van der Waals surface area contributed by atoms with E-state index in [4.69, 9.17) is 4.74 Å². The Balaban J connectivity index is 2.16. The number of nitrogens with zero attached hydrogens (tertiary/aromatic N) is 2. The maximum Gasteiger partial charge on any atom is 0.271 e. The van der Waals surface area contributed by atoms with Crippen LogP contribution in [0.5, 0.6) is 11.5 Å². The van der Waals surface area contributed by atoms with Crippen LogP contribution in [-0.2, 0) is 6.42 Å². The van der Waals surface area contributed by atoms with Gasteiger partial charge < -0.3 is 9.84 Å². The van der Waals surface area contributed by atoms with Gasteiger partial charge in [0.25, 0.3) is 11.6 Å². The normalized spacial score (nSPS) is 10.5. The Morgan fingerprint density at radius 3 is 2.85 bits per heavy atom. The van der Waals surface area contributed by atoms with Gasteiger partial charge in [-0.2, -0.15) is 5.10 Å². The molecule has 0 atom stereocenters. The standard InChI is InChI=1S/C18H17N3O5/c1-3-5-13-8-12(9-16(26-2)17(13)22)11-19-20-18(23)14-6-4-7-15(10-14)21(24)25/h3-4,6-11,22H,1,5H2,2H3,(H,20,23)/b19-11+. The number of phenols is 1. The summed E-state index contributed by atoms with van der Waals surface area (Å²) in [5.74, 6) is -0.289. The van der Waals surface area contributed by atoms with Crippen molar-refractivity contribution in [2.45, 2.75) is 6.42 Å². The summed E-state index contributed by atoms with van der Waals surface area (Å²) in [5.41, 5.74) is 3.43. The summed E-state index contributed by atoms with van der Waals surface area (Å²) < 4.78 is 5.11. The van der Waals surface area contributed by atoms with Gasteiger partial charge in [0.1, 0.15) is 0 Å². The fourth-order valence-electron chi connectivity index (χ4n) is 2.22. The van der Waals surface area contributed by atoms with E-state index in [-0.39, 0.29) is 22.7 Å². The van der Waals surface area contributed by atoms with Gasteiger partial charge >= 0.3 is 0 Å². The molecular formula is C18H17N3O5. The molecular weight excluding hydrogens is 338 g/mol. The molecule has 0 heterocycles. The molecule has 26 heavy (non-hydrogen) atoms. The topological polar surface area (TPSA) is 114 Å². The molecule has 0 fully saturated rings. The number of non-ortho nitro benzene ring substituents is 1. The Hall–Kier alpha value is -3.68. The van der Waals surface area contributed by atoms with Crippen molar-refractivity contribution in [3.63, 3.8) is 0 Å². The lowest BCUT2D eigenvalue weighted by Crippen LogP contribution is -2.17. The minimum Gasteiger partial charge on any atom is -0.504 e. The molecule has 134 valence electrons. The molecule has 0 aliphatic heterocycles. The highest BCUT2D eigenvalue weighted by Crippen LogP contribution is 2.31. The predicted molar refractivity (Wildman–Crippen MR) is 96.7 cm³/mol. The fourth-order valence-corrected chi connectivity index (χ4v) is 2.22. The number of carbonyl (C=O) groups excluding carboxylic acids is 1. The van der Waals surface area contributed by atoms with Crippen molar-refractivity contribution in [1.82, 2.24) is 5.43 Å². The Bertz CT molecular complexity index is 877. The minimum absolute atomic E-state index is 0.0187. The number of nitrogens with one attached hydrogen (secondary N) is 1. The van der Waals surface area contributed by atoms with Crippen molar-refractivity contribution in [3.8, 4) is 11.5 Å². The molecule has 2 rings (SSSR count).